The summed E-state index contributed by atoms with van der Waals surface area (Å²) in [5, 5.41) is 1.31. The predicted octanol–water partition coefficient (Wildman–Crippen LogP) is 2.53. The van der Waals surface area contributed by atoms with Gasteiger partial charge in [0, 0.05) is 12.6 Å². The van der Waals surface area contributed by atoms with Crippen molar-refractivity contribution in [2.75, 3.05) is 13.1 Å². The van der Waals surface area contributed by atoms with Gasteiger partial charge in [0.1, 0.15) is 11.6 Å². The van der Waals surface area contributed by atoms with Crippen LogP contribution in [0, 0.1) is 11.6 Å². The largest absolute Gasteiger partial charge is 0.297 e. The van der Waals surface area contributed by atoms with E-state index in [0.29, 0.717) is 24.3 Å². The molecular weight excluding hydrogens is 292 g/mol. The molecule has 98 valence electrons. The molecule has 1 aromatic carbocycles. The highest BCUT2D eigenvalue weighted by Crippen LogP contribution is 2.38. The number of fused-ring (bicyclic) bond motifs is 1. The van der Waals surface area contributed by atoms with E-state index in [1.807, 2.05) is 4.90 Å². The Morgan fingerprint density at radius 1 is 1.37 bits per heavy atom. The van der Waals surface area contributed by atoms with Crippen molar-refractivity contribution in [3.05, 3.63) is 35.4 Å². The molecule has 0 aliphatic carbocycles. The first kappa shape index (κ1) is 12.6. The number of hydrogen-bond donors (Lipinski definition) is 0. The summed E-state index contributed by atoms with van der Waals surface area (Å²) in [6.45, 7) is 1.34. The Morgan fingerprint density at radius 3 is 3.00 bits per heavy atom. The lowest BCUT2D eigenvalue weighted by Gasteiger charge is -2.09. The zero-order valence-corrected chi connectivity index (χ0v) is 11.1. The van der Waals surface area contributed by atoms with E-state index >= 15 is 0 Å². The number of rotatable bonds is 1. The van der Waals surface area contributed by atoms with Gasteiger partial charge in [0.25, 0.3) is 5.91 Å². The van der Waals surface area contributed by atoms with E-state index < -0.39 is 17.5 Å². The lowest BCUT2D eigenvalue weighted by molar-refractivity contribution is 0.0998. The van der Waals surface area contributed by atoms with Crippen molar-refractivity contribution in [3.8, 4) is 0 Å². The first-order valence-corrected chi connectivity index (χ1v) is 7.55. The zero-order valence-electron chi connectivity index (χ0n) is 9.47. The highest BCUT2D eigenvalue weighted by molar-refractivity contribution is 8.88. The van der Waals surface area contributed by atoms with Crippen LogP contribution in [-0.2, 0) is 0 Å². The van der Waals surface area contributed by atoms with Crippen LogP contribution in [0.4, 0.5) is 8.78 Å². The Kier molecular flexibility index (Phi) is 3.28. The summed E-state index contributed by atoms with van der Waals surface area (Å²) in [5.74, 6) is -2.34. The molecule has 1 aromatic rings. The third-order valence-electron chi connectivity index (χ3n) is 2.58. The van der Waals surface area contributed by atoms with E-state index in [1.54, 1.807) is 0 Å². The van der Waals surface area contributed by atoms with Gasteiger partial charge in [-0.15, -0.1) is 0 Å². The maximum Gasteiger partial charge on any atom is 0.282 e. The molecule has 0 N–H and O–H groups in total. The lowest BCUT2D eigenvalue weighted by Crippen LogP contribution is -2.26. The third-order valence-corrected chi connectivity index (χ3v) is 4.77. The van der Waals surface area contributed by atoms with Crippen molar-refractivity contribution >= 4 is 37.8 Å². The number of hydrogen-bond acceptors (Lipinski definition) is 4. The summed E-state index contributed by atoms with van der Waals surface area (Å²) in [7, 11) is 2.73. The topological polar surface area (TPSA) is 45.0 Å². The minimum atomic E-state index is -0.902. The number of nitrogens with zero attached hydrogens (tertiary/aromatic N) is 3. The Hall–Kier alpha value is -1.41. The molecule has 8 heteroatoms. The van der Waals surface area contributed by atoms with Gasteiger partial charge in [-0.1, -0.05) is 0 Å². The Morgan fingerprint density at radius 2 is 2.21 bits per heavy atom. The fraction of sp³-hybridized carbons (Fsp3) is 0.182. The van der Waals surface area contributed by atoms with Crippen molar-refractivity contribution in [2.24, 2.45) is 9.98 Å². The summed E-state index contributed by atoms with van der Waals surface area (Å²) in [4.78, 5) is 21.8. The first-order chi connectivity index (χ1) is 9.15. The quantitative estimate of drug-likeness (QED) is 0.748. The van der Waals surface area contributed by atoms with E-state index in [2.05, 4.69) is 9.98 Å². The summed E-state index contributed by atoms with van der Waals surface area (Å²) >= 11 is 0. The molecule has 2 aliphatic rings. The standard InChI is InChI=1S/C11H7F2N3OS2/c12-6-1-2-7(8(13)5-6)9(17)15-11-16-4-3-14-10(16)18-19-11/h1-2,5H,3-4H2. The van der Waals surface area contributed by atoms with Crippen LogP contribution in [0.5, 0.6) is 0 Å². The van der Waals surface area contributed by atoms with Crippen LogP contribution in [0.3, 0.4) is 0 Å². The molecule has 0 aromatic heterocycles. The van der Waals surface area contributed by atoms with E-state index in [0.717, 1.165) is 17.3 Å². The zero-order chi connectivity index (χ0) is 13.4. The summed E-state index contributed by atoms with van der Waals surface area (Å²) in [6, 6.07) is 2.81. The Bertz CT molecular complexity index is 618. The van der Waals surface area contributed by atoms with E-state index in [4.69, 9.17) is 0 Å². The molecule has 4 nitrogen and oxygen atoms in total. The van der Waals surface area contributed by atoms with Gasteiger partial charge >= 0.3 is 0 Å². The molecule has 2 heterocycles. The molecule has 0 radical (unpaired) electrons. The van der Waals surface area contributed by atoms with Crippen LogP contribution in [0.1, 0.15) is 10.4 Å². The average Bonchev–Trinajstić information content (AvgIpc) is 2.94. The van der Waals surface area contributed by atoms with Crippen LogP contribution in [-0.4, -0.2) is 34.2 Å². The number of aliphatic imine (C=N–C) groups is 2. The second kappa shape index (κ2) is 4.93. The van der Waals surface area contributed by atoms with Gasteiger partial charge in [-0.05, 0) is 33.7 Å². The fourth-order valence-electron chi connectivity index (χ4n) is 1.68. The number of halogens is 2. The smallest absolute Gasteiger partial charge is 0.282 e. The summed E-state index contributed by atoms with van der Waals surface area (Å²) in [5.41, 5.74) is -0.232. The molecule has 1 saturated heterocycles. The first-order valence-electron chi connectivity index (χ1n) is 5.40. The van der Waals surface area contributed by atoms with Crippen LogP contribution in [0.25, 0.3) is 0 Å². The van der Waals surface area contributed by atoms with Crippen molar-refractivity contribution in [2.45, 2.75) is 0 Å². The Balaban J connectivity index is 1.87. The van der Waals surface area contributed by atoms with Crippen molar-refractivity contribution in [1.29, 1.82) is 0 Å². The van der Waals surface area contributed by atoms with Crippen LogP contribution >= 0.6 is 21.6 Å². The molecule has 0 bridgehead atoms. The van der Waals surface area contributed by atoms with Gasteiger partial charge in [-0.25, -0.2) is 8.78 Å². The van der Waals surface area contributed by atoms with E-state index in [1.165, 1.54) is 21.6 Å². The lowest BCUT2D eigenvalue weighted by atomic mass is 10.2. The number of amidine groups is 2. The Labute approximate surface area is 115 Å². The summed E-state index contributed by atoms with van der Waals surface area (Å²) < 4.78 is 26.2. The van der Waals surface area contributed by atoms with Gasteiger partial charge < -0.3 is 0 Å². The third kappa shape index (κ3) is 2.37. The predicted molar refractivity (Wildman–Crippen MR) is 72.3 cm³/mol. The normalized spacial score (nSPS) is 19.8. The second-order valence-corrected chi connectivity index (χ2v) is 5.87. The minimum Gasteiger partial charge on any atom is -0.297 e. The SMILES string of the molecule is O=C(N=C1SSC2=NCCN21)c1ccc(F)cc1F. The molecule has 3 rings (SSSR count). The van der Waals surface area contributed by atoms with Crippen molar-refractivity contribution < 1.29 is 13.6 Å². The fourth-order valence-corrected chi connectivity index (χ4v) is 3.95. The number of carbonyl (C=O) groups excluding carboxylic acids is 1. The van der Waals surface area contributed by atoms with Gasteiger partial charge in [-0.3, -0.25) is 14.7 Å². The van der Waals surface area contributed by atoms with Crippen molar-refractivity contribution in [3.63, 3.8) is 0 Å². The van der Waals surface area contributed by atoms with Crippen LogP contribution in [0.15, 0.2) is 28.2 Å². The van der Waals surface area contributed by atoms with Crippen LogP contribution < -0.4 is 0 Å². The monoisotopic (exact) mass is 299 g/mol. The number of carbonyl (C=O) groups is 1. The molecule has 0 saturated carbocycles. The van der Waals surface area contributed by atoms with Gasteiger partial charge in [0.05, 0.1) is 12.1 Å². The van der Waals surface area contributed by atoms with Gasteiger partial charge in [-0.2, -0.15) is 4.99 Å². The average molecular weight is 299 g/mol. The van der Waals surface area contributed by atoms with Crippen LogP contribution in [0.2, 0.25) is 0 Å². The maximum absolute atomic E-state index is 13.5. The molecule has 0 atom stereocenters. The molecule has 2 aliphatic heterocycles. The summed E-state index contributed by atoms with van der Waals surface area (Å²) in [6.07, 6.45) is 0. The number of benzene rings is 1. The van der Waals surface area contributed by atoms with Gasteiger partial charge in [0.15, 0.2) is 10.3 Å². The molecule has 0 unspecified atom stereocenters. The minimum absolute atomic E-state index is 0.232. The van der Waals surface area contributed by atoms with E-state index in [9.17, 15) is 13.6 Å². The molecule has 0 spiro atoms. The maximum atomic E-state index is 13.5. The highest BCUT2D eigenvalue weighted by atomic mass is 33.1. The highest BCUT2D eigenvalue weighted by Gasteiger charge is 2.31. The molecule has 1 amide bonds. The second-order valence-electron chi connectivity index (χ2n) is 3.81. The molecule has 19 heavy (non-hydrogen) atoms. The molecular formula is C11H7F2N3OS2. The number of amides is 1. The molecule has 1 fully saturated rings. The van der Waals surface area contributed by atoms with E-state index in [-0.39, 0.29) is 5.56 Å². The van der Waals surface area contributed by atoms with Gasteiger partial charge in [0.2, 0.25) is 0 Å². The van der Waals surface area contributed by atoms with Crippen molar-refractivity contribution in [1.82, 2.24) is 4.90 Å².